The van der Waals surface area contributed by atoms with Gasteiger partial charge in [-0.2, -0.15) is 0 Å². The quantitative estimate of drug-likeness (QED) is 0.832. The van der Waals surface area contributed by atoms with E-state index in [-0.39, 0.29) is 15.7 Å². The van der Waals surface area contributed by atoms with E-state index in [2.05, 4.69) is 30.8 Å². The molecule has 0 bridgehead atoms. The van der Waals surface area contributed by atoms with Crippen LogP contribution >= 0.6 is 27.3 Å². The van der Waals surface area contributed by atoms with Gasteiger partial charge in [0.2, 0.25) is 5.13 Å². The maximum Gasteiger partial charge on any atom is 0.265 e. The van der Waals surface area contributed by atoms with Gasteiger partial charge in [0.05, 0.1) is 5.69 Å². The molecule has 0 radical (unpaired) electrons. The molecule has 6 nitrogen and oxygen atoms in total. The minimum absolute atomic E-state index is 0.0101. The van der Waals surface area contributed by atoms with E-state index in [1.165, 1.54) is 17.6 Å². The zero-order valence-electron chi connectivity index (χ0n) is 8.29. The van der Waals surface area contributed by atoms with Gasteiger partial charge in [-0.15, -0.1) is 10.2 Å². The highest BCUT2D eigenvalue weighted by Gasteiger charge is 2.18. The van der Waals surface area contributed by atoms with Crippen molar-refractivity contribution < 1.29 is 8.42 Å². The molecule has 0 saturated heterocycles. The molecule has 90 valence electrons. The molecule has 0 atom stereocenters. The van der Waals surface area contributed by atoms with Crippen LogP contribution in [-0.4, -0.2) is 18.6 Å². The molecule has 0 aliphatic rings. The summed E-state index contributed by atoms with van der Waals surface area (Å²) in [6.07, 6.45) is 0. The fourth-order valence-corrected chi connectivity index (χ4v) is 3.34. The highest BCUT2D eigenvalue weighted by atomic mass is 79.9. The molecule has 0 aliphatic carbocycles. The molecule has 0 amide bonds. The van der Waals surface area contributed by atoms with Gasteiger partial charge in [-0.1, -0.05) is 27.3 Å². The maximum absolute atomic E-state index is 12.0. The van der Waals surface area contributed by atoms with Crippen LogP contribution < -0.4 is 10.5 Å². The molecular weight excluding hydrogens is 328 g/mol. The smallest absolute Gasteiger partial charge is 0.265 e. The Morgan fingerprint density at radius 1 is 1.41 bits per heavy atom. The molecule has 0 saturated carbocycles. The van der Waals surface area contributed by atoms with Gasteiger partial charge in [0, 0.05) is 4.47 Å². The van der Waals surface area contributed by atoms with Crippen molar-refractivity contribution in [2.75, 3.05) is 10.5 Å². The summed E-state index contributed by atoms with van der Waals surface area (Å²) in [5.41, 5.74) is 7.25. The van der Waals surface area contributed by atoms with E-state index < -0.39 is 10.0 Å². The first-order valence-electron chi connectivity index (χ1n) is 4.33. The number of halogens is 1. The van der Waals surface area contributed by atoms with Gasteiger partial charge < -0.3 is 5.73 Å². The van der Waals surface area contributed by atoms with Gasteiger partial charge in [-0.05, 0) is 18.2 Å². The predicted octanol–water partition coefficient (Wildman–Crippen LogP) is 1.68. The summed E-state index contributed by atoms with van der Waals surface area (Å²) in [5.74, 6) is 0. The Morgan fingerprint density at radius 2 is 2.18 bits per heavy atom. The van der Waals surface area contributed by atoms with Crippen molar-refractivity contribution in [3.63, 3.8) is 0 Å². The fourth-order valence-electron chi connectivity index (χ4n) is 1.15. The summed E-state index contributed by atoms with van der Waals surface area (Å²) >= 11 is 4.30. The highest BCUT2D eigenvalue weighted by Crippen LogP contribution is 2.25. The van der Waals surface area contributed by atoms with Crippen molar-refractivity contribution in [2.45, 2.75) is 4.90 Å². The number of nitrogen functional groups attached to an aromatic ring is 1. The fraction of sp³-hybridized carbons (Fsp3) is 0. The predicted molar refractivity (Wildman–Crippen MR) is 69.3 cm³/mol. The van der Waals surface area contributed by atoms with E-state index in [4.69, 9.17) is 5.73 Å². The number of hydrogen-bond acceptors (Lipinski definition) is 6. The first kappa shape index (κ1) is 12.3. The van der Waals surface area contributed by atoms with Crippen LogP contribution in [0.1, 0.15) is 0 Å². The van der Waals surface area contributed by atoms with Crippen molar-refractivity contribution in [3.05, 3.63) is 28.2 Å². The van der Waals surface area contributed by atoms with Gasteiger partial charge >= 0.3 is 0 Å². The van der Waals surface area contributed by atoms with E-state index in [1.807, 2.05) is 0 Å². The number of benzene rings is 1. The first-order valence-corrected chi connectivity index (χ1v) is 7.48. The van der Waals surface area contributed by atoms with Gasteiger partial charge in [0.15, 0.2) is 0 Å². The molecule has 1 aromatic carbocycles. The van der Waals surface area contributed by atoms with E-state index in [0.717, 1.165) is 11.3 Å². The molecule has 0 fully saturated rings. The average molecular weight is 335 g/mol. The lowest BCUT2D eigenvalue weighted by molar-refractivity contribution is 0.601. The SMILES string of the molecule is Nc1cc(Br)ccc1S(=O)(=O)Nc1nncs1. The zero-order chi connectivity index (χ0) is 12.5. The second-order valence-electron chi connectivity index (χ2n) is 3.03. The van der Waals surface area contributed by atoms with Crippen LogP contribution in [0.3, 0.4) is 0 Å². The Kier molecular flexibility index (Phi) is 3.31. The second-order valence-corrected chi connectivity index (χ2v) is 6.43. The lowest BCUT2D eigenvalue weighted by Gasteiger charge is -2.07. The van der Waals surface area contributed by atoms with E-state index in [9.17, 15) is 8.42 Å². The summed E-state index contributed by atoms with van der Waals surface area (Å²) in [6.45, 7) is 0. The van der Waals surface area contributed by atoms with Crippen molar-refractivity contribution in [1.82, 2.24) is 10.2 Å². The van der Waals surface area contributed by atoms with Crippen molar-refractivity contribution in [2.24, 2.45) is 0 Å². The Morgan fingerprint density at radius 3 is 2.76 bits per heavy atom. The molecule has 17 heavy (non-hydrogen) atoms. The zero-order valence-corrected chi connectivity index (χ0v) is 11.5. The van der Waals surface area contributed by atoms with Crippen LogP contribution in [-0.2, 0) is 10.0 Å². The van der Waals surface area contributed by atoms with Gasteiger partial charge in [0.1, 0.15) is 10.4 Å². The van der Waals surface area contributed by atoms with Crippen molar-refractivity contribution in [3.8, 4) is 0 Å². The molecule has 2 rings (SSSR count). The highest BCUT2D eigenvalue weighted by molar-refractivity contribution is 9.10. The van der Waals surface area contributed by atoms with Crippen LogP contribution in [0.15, 0.2) is 33.1 Å². The van der Waals surface area contributed by atoms with E-state index in [1.54, 1.807) is 6.07 Å². The molecule has 9 heteroatoms. The lowest BCUT2D eigenvalue weighted by atomic mass is 10.3. The Bertz CT molecular complexity index is 627. The third-order valence-corrected chi connectivity index (χ3v) is 4.49. The molecule has 0 aliphatic heterocycles. The topological polar surface area (TPSA) is 98.0 Å². The van der Waals surface area contributed by atoms with Crippen LogP contribution in [0.2, 0.25) is 0 Å². The number of anilines is 2. The lowest BCUT2D eigenvalue weighted by Crippen LogP contribution is -2.14. The number of hydrogen-bond donors (Lipinski definition) is 2. The molecular formula is C8H7BrN4O2S2. The summed E-state index contributed by atoms with van der Waals surface area (Å²) in [5, 5.41) is 7.34. The minimum atomic E-state index is -3.72. The summed E-state index contributed by atoms with van der Waals surface area (Å²) in [4.78, 5) is 0.0101. The molecule has 1 aromatic heterocycles. The Balaban J connectivity index is 2.38. The van der Waals surface area contributed by atoms with Gasteiger partial charge in [-0.25, -0.2) is 8.42 Å². The largest absolute Gasteiger partial charge is 0.398 e. The monoisotopic (exact) mass is 334 g/mol. The number of nitrogens with zero attached hydrogens (tertiary/aromatic N) is 2. The first-order chi connectivity index (χ1) is 7.99. The van der Waals surface area contributed by atoms with Crippen LogP contribution in [0.5, 0.6) is 0 Å². The number of sulfonamides is 1. The second kappa shape index (κ2) is 4.59. The van der Waals surface area contributed by atoms with Crippen molar-refractivity contribution in [1.29, 1.82) is 0 Å². The van der Waals surface area contributed by atoms with Crippen molar-refractivity contribution >= 4 is 48.1 Å². The standard InChI is InChI=1S/C8H7BrN4O2S2/c9-5-1-2-7(6(10)3-5)17(14,15)13-8-12-11-4-16-8/h1-4H,10H2,(H,12,13). The van der Waals surface area contributed by atoms with E-state index in [0.29, 0.717) is 4.47 Å². The molecule has 1 heterocycles. The summed E-state index contributed by atoms with van der Waals surface area (Å²) in [7, 11) is -3.72. The minimum Gasteiger partial charge on any atom is -0.398 e. The summed E-state index contributed by atoms with van der Waals surface area (Å²) < 4.78 is 26.9. The van der Waals surface area contributed by atoms with Crippen LogP contribution in [0, 0.1) is 0 Å². The Hall–Kier alpha value is -1.19. The number of aromatic nitrogens is 2. The molecule has 3 N–H and O–H groups in total. The van der Waals surface area contributed by atoms with E-state index >= 15 is 0 Å². The Labute approximate surface area is 110 Å². The molecule has 0 spiro atoms. The third-order valence-electron chi connectivity index (χ3n) is 1.84. The van der Waals surface area contributed by atoms with Gasteiger partial charge in [-0.3, -0.25) is 4.72 Å². The van der Waals surface area contributed by atoms with Crippen LogP contribution in [0.25, 0.3) is 0 Å². The average Bonchev–Trinajstić information content (AvgIpc) is 2.68. The maximum atomic E-state index is 12.0. The number of rotatable bonds is 3. The number of nitrogens with one attached hydrogen (secondary N) is 1. The number of nitrogens with two attached hydrogens (primary N) is 1. The molecule has 0 unspecified atom stereocenters. The summed E-state index contributed by atoms with van der Waals surface area (Å²) in [6, 6.07) is 4.54. The molecule has 2 aromatic rings. The van der Waals surface area contributed by atoms with Crippen LogP contribution in [0.4, 0.5) is 10.8 Å². The third kappa shape index (κ3) is 2.73. The van der Waals surface area contributed by atoms with Gasteiger partial charge in [0.25, 0.3) is 10.0 Å². The normalized spacial score (nSPS) is 11.4.